The summed E-state index contributed by atoms with van der Waals surface area (Å²) in [6.07, 6.45) is 5.19. The lowest BCUT2D eigenvalue weighted by Crippen LogP contribution is -2.16. The van der Waals surface area contributed by atoms with Crippen molar-refractivity contribution in [2.75, 3.05) is 5.75 Å². The molecule has 2 aliphatic rings. The molecule has 1 saturated heterocycles. The van der Waals surface area contributed by atoms with Gasteiger partial charge in [-0.1, -0.05) is 11.2 Å². The Labute approximate surface area is 59.0 Å². The van der Waals surface area contributed by atoms with Gasteiger partial charge in [0.15, 0.2) is 0 Å². The minimum absolute atomic E-state index is 0.428. The lowest BCUT2D eigenvalue weighted by molar-refractivity contribution is 0.554. The van der Waals surface area contributed by atoms with Crippen LogP contribution in [0, 0.1) is 5.92 Å². The Kier molecular flexibility index (Phi) is 1.46. The summed E-state index contributed by atoms with van der Waals surface area (Å²) in [5.41, 5.74) is 0. The molecule has 0 aromatic rings. The summed E-state index contributed by atoms with van der Waals surface area (Å²) in [5, 5.41) is 0.616. The van der Waals surface area contributed by atoms with E-state index in [1.54, 1.807) is 0 Å². The van der Waals surface area contributed by atoms with Crippen molar-refractivity contribution in [3.05, 3.63) is 0 Å². The highest BCUT2D eigenvalue weighted by atomic mass is 32.2. The standard InChI is InChI=1S/C7H12OS/c8-9-5-4-6-2-1-3-7(6)9/h6-7H,1-5H2. The minimum Gasteiger partial charge on any atom is -0.616 e. The monoisotopic (exact) mass is 144 g/mol. The van der Waals surface area contributed by atoms with Crippen LogP contribution in [0.2, 0.25) is 0 Å². The van der Waals surface area contributed by atoms with Crippen molar-refractivity contribution in [2.24, 2.45) is 5.92 Å². The smallest absolute Gasteiger partial charge is 0.118 e. The van der Waals surface area contributed by atoms with Crippen molar-refractivity contribution >= 4 is 11.2 Å². The van der Waals surface area contributed by atoms with Gasteiger partial charge in [0.2, 0.25) is 0 Å². The highest BCUT2D eigenvalue weighted by Crippen LogP contribution is 2.39. The molecule has 3 unspecified atom stereocenters. The Morgan fingerprint density at radius 1 is 1.22 bits per heavy atom. The van der Waals surface area contributed by atoms with Crippen molar-refractivity contribution in [1.82, 2.24) is 0 Å². The average molecular weight is 144 g/mol. The molecular formula is C7H12OS. The Morgan fingerprint density at radius 2 is 2.11 bits per heavy atom. The van der Waals surface area contributed by atoms with Crippen LogP contribution in [0.15, 0.2) is 0 Å². The van der Waals surface area contributed by atoms with Gasteiger partial charge in [-0.3, -0.25) is 0 Å². The Bertz CT molecular complexity index is 115. The summed E-state index contributed by atoms with van der Waals surface area (Å²) in [7, 11) is 0. The molecule has 2 rings (SSSR count). The van der Waals surface area contributed by atoms with Gasteiger partial charge in [0.1, 0.15) is 11.0 Å². The first-order valence-corrected chi connectivity index (χ1v) is 5.13. The fraction of sp³-hybridized carbons (Fsp3) is 1.00. The second kappa shape index (κ2) is 2.17. The van der Waals surface area contributed by atoms with E-state index in [9.17, 15) is 4.55 Å². The Balaban J connectivity index is 2.07. The first-order valence-electron chi connectivity index (χ1n) is 3.75. The largest absolute Gasteiger partial charge is 0.616 e. The van der Waals surface area contributed by atoms with Gasteiger partial charge >= 0.3 is 0 Å². The van der Waals surface area contributed by atoms with Gasteiger partial charge in [-0.05, 0) is 25.7 Å². The van der Waals surface area contributed by atoms with Crippen LogP contribution < -0.4 is 0 Å². The number of fused-ring (bicyclic) bond motifs is 1. The third kappa shape index (κ3) is 0.887. The number of rotatable bonds is 0. The number of hydrogen-bond donors (Lipinski definition) is 0. The second-order valence-corrected chi connectivity index (χ2v) is 4.88. The molecule has 0 N–H and O–H groups in total. The summed E-state index contributed by atoms with van der Waals surface area (Å²) < 4.78 is 11.2. The van der Waals surface area contributed by atoms with Crippen LogP contribution in [0.1, 0.15) is 25.7 Å². The van der Waals surface area contributed by atoms with E-state index in [0.29, 0.717) is 5.25 Å². The zero-order valence-electron chi connectivity index (χ0n) is 5.51. The maximum Gasteiger partial charge on any atom is 0.118 e. The van der Waals surface area contributed by atoms with Crippen LogP contribution >= 0.6 is 0 Å². The van der Waals surface area contributed by atoms with E-state index in [1.165, 1.54) is 25.7 Å². The fourth-order valence-electron chi connectivity index (χ4n) is 2.10. The molecule has 0 bridgehead atoms. The summed E-state index contributed by atoms with van der Waals surface area (Å²) in [6, 6.07) is 0. The molecule has 2 heteroatoms. The van der Waals surface area contributed by atoms with Crippen molar-refractivity contribution < 1.29 is 4.55 Å². The van der Waals surface area contributed by atoms with E-state index >= 15 is 0 Å². The van der Waals surface area contributed by atoms with Crippen LogP contribution in [-0.4, -0.2) is 15.6 Å². The van der Waals surface area contributed by atoms with Gasteiger partial charge in [-0.25, -0.2) is 0 Å². The normalized spacial score (nSPS) is 49.7. The maximum absolute atomic E-state index is 11.2. The number of hydrogen-bond acceptors (Lipinski definition) is 1. The molecule has 0 radical (unpaired) electrons. The Morgan fingerprint density at radius 3 is 2.89 bits per heavy atom. The highest BCUT2D eigenvalue weighted by Gasteiger charge is 2.41. The first-order chi connectivity index (χ1) is 4.38. The third-order valence-corrected chi connectivity index (χ3v) is 4.55. The zero-order chi connectivity index (χ0) is 6.27. The lowest BCUT2D eigenvalue weighted by atomic mass is 10.1. The van der Waals surface area contributed by atoms with Crippen molar-refractivity contribution in [3.8, 4) is 0 Å². The predicted octanol–water partition coefficient (Wildman–Crippen LogP) is 1.31. The molecule has 3 atom stereocenters. The molecule has 1 saturated carbocycles. The van der Waals surface area contributed by atoms with Gasteiger partial charge in [0.05, 0.1) is 0 Å². The van der Waals surface area contributed by atoms with Gasteiger partial charge in [-0.2, -0.15) is 0 Å². The fourth-order valence-corrected chi connectivity index (χ4v) is 4.07. The third-order valence-electron chi connectivity index (χ3n) is 2.62. The van der Waals surface area contributed by atoms with Gasteiger partial charge < -0.3 is 4.55 Å². The van der Waals surface area contributed by atoms with Crippen molar-refractivity contribution in [2.45, 2.75) is 30.9 Å². The average Bonchev–Trinajstić information content (AvgIpc) is 2.35. The van der Waals surface area contributed by atoms with Crippen LogP contribution in [0.5, 0.6) is 0 Å². The van der Waals surface area contributed by atoms with E-state index in [4.69, 9.17) is 0 Å². The van der Waals surface area contributed by atoms with Crippen LogP contribution in [0.4, 0.5) is 0 Å². The second-order valence-electron chi connectivity index (χ2n) is 3.10. The molecule has 9 heavy (non-hydrogen) atoms. The Hall–Kier alpha value is 0.310. The first kappa shape index (κ1) is 6.05. The van der Waals surface area contributed by atoms with Crippen LogP contribution in [0.3, 0.4) is 0 Å². The maximum atomic E-state index is 11.2. The minimum atomic E-state index is -0.428. The van der Waals surface area contributed by atoms with Crippen molar-refractivity contribution in [3.63, 3.8) is 0 Å². The molecule has 1 aliphatic heterocycles. The summed E-state index contributed by atoms with van der Waals surface area (Å²) in [5.74, 6) is 1.85. The molecule has 0 amide bonds. The topological polar surface area (TPSA) is 23.1 Å². The van der Waals surface area contributed by atoms with E-state index in [-0.39, 0.29) is 0 Å². The van der Waals surface area contributed by atoms with Gasteiger partial charge in [-0.15, -0.1) is 0 Å². The summed E-state index contributed by atoms with van der Waals surface area (Å²) >= 11 is -0.428. The van der Waals surface area contributed by atoms with Crippen molar-refractivity contribution in [1.29, 1.82) is 0 Å². The quantitative estimate of drug-likeness (QED) is 0.470. The summed E-state index contributed by atoms with van der Waals surface area (Å²) in [6.45, 7) is 0. The lowest BCUT2D eigenvalue weighted by Gasteiger charge is -2.10. The van der Waals surface area contributed by atoms with E-state index in [1.807, 2.05) is 0 Å². The molecule has 0 aromatic heterocycles. The molecule has 1 nitrogen and oxygen atoms in total. The van der Waals surface area contributed by atoms with E-state index in [2.05, 4.69) is 0 Å². The molecule has 1 heterocycles. The summed E-state index contributed by atoms with van der Waals surface area (Å²) in [4.78, 5) is 0. The molecule has 0 spiro atoms. The van der Waals surface area contributed by atoms with E-state index < -0.39 is 11.2 Å². The van der Waals surface area contributed by atoms with Crippen LogP contribution in [-0.2, 0) is 11.2 Å². The van der Waals surface area contributed by atoms with Gasteiger partial charge in [0.25, 0.3) is 0 Å². The van der Waals surface area contributed by atoms with Crippen LogP contribution in [0.25, 0.3) is 0 Å². The highest BCUT2D eigenvalue weighted by molar-refractivity contribution is 7.92. The molecular weight excluding hydrogens is 132 g/mol. The molecule has 1 aliphatic carbocycles. The molecule has 0 aromatic carbocycles. The SMILES string of the molecule is [O-][S+]1CCC2CCCC21. The molecule has 52 valence electrons. The molecule has 2 fully saturated rings. The van der Waals surface area contributed by atoms with E-state index in [0.717, 1.165) is 11.7 Å². The van der Waals surface area contributed by atoms with Gasteiger partial charge in [0, 0.05) is 5.92 Å². The zero-order valence-corrected chi connectivity index (χ0v) is 6.32. The predicted molar refractivity (Wildman–Crippen MR) is 38.8 cm³/mol.